The Morgan fingerprint density at radius 2 is 1.60 bits per heavy atom. The SMILES string of the molecule is Cc1cc(NCc2ccccc2F)nc(NCc2ccccc2Cl)n1. The van der Waals surface area contributed by atoms with Gasteiger partial charge >= 0.3 is 0 Å². The summed E-state index contributed by atoms with van der Waals surface area (Å²) in [6.45, 7) is 2.76. The lowest BCUT2D eigenvalue weighted by atomic mass is 10.2. The third kappa shape index (κ3) is 4.67. The van der Waals surface area contributed by atoms with E-state index in [1.807, 2.05) is 43.3 Å². The Balaban J connectivity index is 1.68. The predicted molar refractivity (Wildman–Crippen MR) is 99.3 cm³/mol. The Morgan fingerprint density at radius 3 is 2.36 bits per heavy atom. The van der Waals surface area contributed by atoms with Crippen LogP contribution in [0, 0.1) is 12.7 Å². The van der Waals surface area contributed by atoms with Gasteiger partial charge in [0.25, 0.3) is 0 Å². The summed E-state index contributed by atoms with van der Waals surface area (Å²) >= 11 is 6.16. The fraction of sp³-hybridized carbons (Fsp3) is 0.158. The number of nitrogens with zero attached hydrogens (tertiary/aromatic N) is 2. The van der Waals surface area contributed by atoms with E-state index in [0.717, 1.165) is 11.3 Å². The summed E-state index contributed by atoms with van der Waals surface area (Å²) in [4.78, 5) is 8.80. The van der Waals surface area contributed by atoms with Crippen LogP contribution in [0.4, 0.5) is 16.2 Å². The smallest absolute Gasteiger partial charge is 0.225 e. The molecule has 0 aliphatic heterocycles. The highest BCUT2D eigenvalue weighted by molar-refractivity contribution is 6.31. The summed E-state index contributed by atoms with van der Waals surface area (Å²) in [6.07, 6.45) is 0. The molecule has 0 radical (unpaired) electrons. The highest BCUT2D eigenvalue weighted by Crippen LogP contribution is 2.17. The Kier molecular flexibility index (Phi) is 5.46. The molecule has 0 atom stereocenters. The predicted octanol–water partition coefficient (Wildman–Crippen LogP) is 4.80. The van der Waals surface area contributed by atoms with E-state index in [0.29, 0.717) is 35.4 Å². The first-order valence-electron chi connectivity index (χ1n) is 7.92. The average Bonchev–Trinajstić information content (AvgIpc) is 2.60. The Hall–Kier alpha value is -2.66. The van der Waals surface area contributed by atoms with Crippen LogP contribution < -0.4 is 10.6 Å². The van der Waals surface area contributed by atoms with E-state index in [2.05, 4.69) is 20.6 Å². The molecule has 0 bridgehead atoms. The van der Waals surface area contributed by atoms with Gasteiger partial charge in [0.15, 0.2) is 0 Å². The first-order chi connectivity index (χ1) is 12.1. The number of nitrogens with one attached hydrogen (secondary N) is 2. The zero-order chi connectivity index (χ0) is 17.6. The van der Waals surface area contributed by atoms with Gasteiger partial charge in [-0.1, -0.05) is 48.0 Å². The quantitative estimate of drug-likeness (QED) is 0.666. The van der Waals surface area contributed by atoms with Gasteiger partial charge in [0.05, 0.1) is 0 Å². The molecule has 0 spiro atoms. The molecular formula is C19H18ClFN4. The number of aromatic nitrogens is 2. The molecule has 2 aromatic carbocycles. The molecule has 0 aliphatic rings. The minimum absolute atomic E-state index is 0.238. The number of hydrogen-bond donors (Lipinski definition) is 2. The summed E-state index contributed by atoms with van der Waals surface area (Å²) in [5.41, 5.74) is 2.37. The van der Waals surface area contributed by atoms with Crippen LogP contribution in [0.5, 0.6) is 0 Å². The van der Waals surface area contributed by atoms with Crippen LogP contribution in [0.25, 0.3) is 0 Å². The molecule has 4 nitrogen and oxygen atoms in total. The Labute approximate surface area is 151 Å². The number of benzene rings is 2. The molecule has 25 heavy (non-hydrogen) atoms. The molecular weight excluding hydrogens is 339 g/mol. The highest BCUT2D eigenvalue weighted by atomic mass is 35.5. The van der Waals surface area contributed by atoms with Crippen LogP contribution in [0.1, 0.15) is 16.8 Å². The summed E-state index contributed by atoms with van der Waals surface area (Å²) in [5, 5.41) is 7.00. The minimum Gasteiger partial charge on any atom is -0.366 e. The van der Waals surface area contributed by atoms with Crippen LogP contribution in [0.3, 0.4) is 0 Å². The largest absolute Gasteiger partial charge is 0.366 e. The number of aryl methyl sites for hydroxylation is 1. The molecule has 1 aromatic heterocycles. The van der Waals surface area contributed by atoms with E-state index in [9.17, 15) is 4.39 Å². The van der Waals surface area contributed by atoms with Gasteiger partial charge in [-0.3, -0.25) is 0 Å². The van der Waals surface area contributed by atoms with Crippen molar-refractivity contribution in [2.75, 3.05) is 10.6 Å². The van der Waals surface area contributed by atoms with Crippen molar-refractivity contribution in [3.63, 3.8) is 0 Å². The average molecular weight is 357 g/mol. The first kappa shape index (κ1) is 17.2. The molecule has 3 rings (SSSR count). The van der Waals surface area contributed by atoms with Crippen molar-refractivity contribution in [3.05, 3.63) is 82.3 Å². The van der Waals surface area contributed by atoms with Crippen molar-refractivity contribution < 1.29 is 4.39 Å². The lowest BCUT2D eigenvalue weighted by Crippen LogP contribution is -2.08. The maximum atomic E-state index is 13.7. The second kappa shape index (κ2) is 7.94. The van der Waals surface area contributed by atoms with Crippen molar-refractivity contribution in [2.24, 2.45) is 0 Å². The molecule has 3 aromatic rings. The van der Waals surface area contributed by atoms with Gasteiger partial charge in [0.2, 0.25) is 5.95 Å². The zero-order valence-electron chi connectivity index (χ0n) is 13.8. The normalized spacial score (nSPS) is 10.5. The number of anilines is 2. The lowest BCUT2D eigenvalue weighted by molar-refractivity contribution is 0.613. The van der Waals surface area contributed by atoms with Crippen LogP contribution in [-0.2, 0) is 13.1 Å². The Morgan fingerprint density at radius 1 is 0.920 bits per heavy atom. The lowest BCUT2D eigenvalue weighted by Gasteiger charge is -2.11. The number of hydrogen-bond acceptors (Lipinski definition) is 4. The van der Waals surface area contributed by atoms with E-state index in [1.165, 1.54) is 6.07 Å². The molecule has 0 amide bonds. The maximum absolute atomic E-state index is 13.7. The van der Waals surface area contributed by atoms with E-state index in [4.69, 9.17) is 11.6 Å². The van der Waals surface area contributed by atoms with Gasteiger partial charge < -0.3 is 10.6 Å². The molecule has 0 saturated heterocycles. The van der Waals surface area contributed by atoms with Gasteiger partial charge in [-0.15, -0.1) is 0 Å². The fourth-order valence-corrected chi connectivity index (χ4v) is 2.58. The van der Waals surface area contributed by atoms with Gasteiger partial charge in [-0.05, 0) is 24.6 Å². The number of rotatable bonds is 6. The summed E-state index contributed by atoms with van der Waals surface area (Å²) < 4.78 is 13.7. The maximum Gasteiger partial charge on any atom is 0.225 e. The molecule has 2 N–H and O–H groups in total. The van der Waals surface area contributed by atoms with Crippen LogP contribution >= 0.6 is 11.6 Å². The van der Waals surface area contributed by atoms with E-state index >= 15 is 0 Å². The van der Waals surface area contributed by atoms with Crippen molar-refractivity contribution in [2.45, 2.75) is 20.0 Å². The first-order valence-corrected chi connectivity index (χ1v) is 8.30. The summed E-state index contributed by atoms with van der Waals surface area (Å²) in [7, 11) is 0. The molecule has 128 valence electrons. The van der Waals surface area contributed by atoms with Gasteiger partial charge in [-0.2, -0.15) is 4.98 Å². The third-order valence-corrected chi connectivity index (χ3v) is 4.04. The summed E-state index contributed by atoms with van der Waals surface area (Å²) in [5.74, 6) is 0.895. The molecule has 0 fully saturated rings. The molecule has 0 unspecified atom stereocenters. The van der Waals surface area contributed by atoms with Crippen molar-refractivity contribution in [1.82, 2.24) is 9.97 Å². The van der Waals surface area contributed by atoms with Crippen LogP contribution in [0.15, 0.2) is 54.6 Å². The van der Waals surface area contributed by atoms with Crippen molar-refractivity contribution in [3.8, 4) is 0 Å². The topological polar surface area (TPSA) is 49.8 Å². The van der Waals surface area contributed by atoms with Crippen LogP contribution in [-0.4, -0.2) is 9.97 Å². The van der Waals surface area contributed by atoms with Crippen molar-refractivity contribution in [1.29, 1.82) is 0 Å². The monoisotopic (exact) mass is 356 g/mol. The zero-order valence-corrected chi connectivity index (χ0v) is 14.5. The summed E-state index contributed by atoms with van der Waals surface area (Å²) in [6, 6.07) is 16.1. The van der Waals surface area contributed by atoms with Crippen molar-refractivity contribution >= 4 is 23.4 Å². The van der Waals surface area contributed by atoms with E-state index in [1.54, 1.807) is 12.1 Å². The van der Waals surface area contributed by atoms with E-state index < -0.39 is 0 Å². The van der Waals surface area contributed by atoms with E-state index in [-0.39, 0.29) is 5.82 Å². The Bertz CT molecular complexity index is 802. The van der Waals surface area contributed by atoms with Gasteiger partial charge in [0.1, 0.15) is 11.6 Å². The standard InChI is InChI=1S/C19H18ClFN4/c1-13-10-18(22-12-15-7-3-5-9-17(15)21)25-19(24-13)23-11-14-6-2-4-8-16(14)20/h2-10H,11-12H2,1H3,(H2,22,23,24,25). The second-order valence-corrected chi connectivity index (χ2v) is 6.02. The van der Waals surface area contributed by atoms with Gasteiger partial charge in [0, 0.05) is 35.4 Å². The third-order valence-electron chi connectivity index (χ3n) is 3.67. The molecule has 0 aliphatic carbocycles. The second-order valence-electron chi connectivity index (χ2n) is 5.61. The minimum atomic E-state index is -0.238. The molecule has 0 saturated carbocycles. The molecule has 6 heteroatoms. The fourth-order valence-electron chi connectivity index (χ4n) is 2.38. The highest BCUT2D eigenvalue weighted by Gasteiger charge is 2.05. The number of halogens is 2. The molecule has 1 heterocycles. The van der Waals surface area contributed by atoms with Gasteiger partial charge in [-0.25, -0.2) is 9.37 Å². The van der Waals surface area contributed by atoms with Crippen LogP contribution in [0.2, 0.25) is 5.02 Å².